The standard InChI is InChI=1S/C12H17ClN2O/c13-12-2-1-10-8-15(9-11(10)7-12)4-6-16-5-3-14/h1-2,7H,3-6,8-9,14H2. The maximum Gasteiger partial charge on any atom is 0.0594 e. The minimum Gasteiger partial charge on any atom is -0.379 e. The van der Waals surface area contributed by atoms with E-state index in [0.29, 0.717) is 13.2 Å². The van der Waals surface area contributed by atoms with Crippen LogP contribution in [0.4, 0.5) is 0 Å². The van der Waals surface area contributed by atoms with Crippen LogP contribution in [0.1, 0.15) is 11.1 Å². The molecule has 1 aromatic carbocycles. The lowest BCUT2D eigenvalue weighted by Crippen LogP contribution is -2.23. The quantitative estimate of drug-likeness (QED) is 0.796. The van der Waals surface area contributed by atoms with Crippen LogP contribution < -0.4 is 5.73 Å². The number of ether oxygens (including phenoxy) is 1. The number of nitrogens with two attached hydrogens (primary N) is 1. The van der Waals surface area contributed by atoms with E-state index in [4.69, 9.17) is 22.1 Å². The molecule has 0 unspecified atom stereocenters. The summed E-state index contributed by atoms with van der Waals surface area (Å²) in [5, 5.41) is 0.819. The lowest BCUT2D eigenvalue weighted by molar-refractivity contribution is 0.108. The minimum atomic E-state index is 0.593. The van der Waals surface area contributed by atoms with Crippen molar-refractivity contribution in [2.24, 2.45) is 5.73 Å². The molecule has 0 bridgehead atoms. The van der Waals surface area contributed by atoms with Crippen LogP contribution in [0.25, 0.3) is 0 Å². The summed E-state index contributed by atoms with van der Waals surface area (Å²) < 4.78 is 5.37. The van der Waals surface area contributed by atoms with Gasteiger partial charge in [0.25, 0.3) is 0 Å². The molecule has 2 N–H and O–H groups in total. The summed E-state index contributed by atoms with van der Waals surface area (Å²) in [5.41, 5.74) is 8.07. The van der Waals surface area contributed by atoms with Crippen molar-refractivity contribution >= 4 is 11.6 Å². The zero-order valence-corrected chi connectivity index (χ0v) is 10.0. The summed E-state index contributed by atoms with van der Waals surface area (Å²) in [5.74, 6) is 0. The predicted molar refractivity (Wildman–Crippen MR) is 65.4 cm³/mol. The van der Waals surface area contributed by atoms with Gasteiger partial charge in [0.15, 0.2) is 0 Å². The molecule has 0 fully saturated rings. The van der Waals surface area contributed by atoms with Crippen LogP contribution in [-0.4, -0.2) is 31.2 Å². The van der Waals surface area contributed by atoms with Gasteiger partial charge in [0, 0.05) is 31.2 Å². The molecule has 1 aliphatic rings. The van der Waals surface area contributed by atoms with E-state index in [1.54, 1.807) is 0 Å². The van der Waals surface area contributed by atoms with Crippen LogP contribution in [0.15, 0.2) is 18.2 Å². The monoisotopic (exact) mass is 240 g/mol. The number of halogens is 1. The van der Waals surface area contributed by atoms with Crippen molar-refractivity contribution in [1.82, 2.24) is 4.90 Å². The van der Waals surface area contributed by atoms with Crippen LogP contribution in [0.5, 0.6) is 0 Å². The first-order chi connectivity index (χ1) is 7.79. The van der Waals surface area contributed by atoms with Crippen molar-refractivity contribution in [2.45, 2.75) is 13.1 Å². The van der Waals surface area contributed by atoms with Crippen molar-refractivity contribution in [2.75, 3.05) is 26.3 Å². The third-order valence-electron chi connectivity index (χ3n) is 2.77. The Morgan fingerprint density at radius 1 is 1.25 bits per heavy atom. The molecule has 88 valence electrons. The molecule has 0 spiro atoms. The van der Waals surface area contributed by atoms with Gasteiger partial charge in [-0.05, 0) is 23.3 Å². The van der Waals surface area contributed by atoms with Crippen molar-refractivity contribution in [3.8, 4) is 0 Å². The Balaban J connectivity index is 1.81. The molecule has 0 radical (unpaired) electrons. The molecule has 3 nitrogen and oxygen atoms in total. The first kappa shape index (κ1) is 11.9. The molecule has 1 aliphatic heterocycles. The fourth-order valence-electron chi connectivity index (χ4n) is 1.97. The highest BCUT2D eigenvalue weighted by molar-refractivity contribution is 6.30. The average molecular weight is 241 g/mol. The molecular formula is C12H17ClN2O. The summed E-state index contributed by atoms with van der Waals surface area (Å²) >= 11 is 5.96. The molecule has 1 aromatic rings. The van der Waals surface area contributed by atoms with E-state index in [1.807, 2.05) is 6.07 Å². The molecule has 4 heteroatoms. The average Bonchev–Trinajstić information content (AvgIpc) is 2.66. The lowest BCUT2D eigenvalue weighted by atomic mass is 10.1. The molecule has 16 heavy (non-hydrogen) atoms. The van der Waals surface area contributed by atoms with E-state index in [-0.39, 0.29) is 0 Å². The van der Waals surface area contributed by atoms with Crippen molar-refractivity contribution < 1.29 is 4.74 Å². The maximum atomic E-state index is 5.96. The third-order valence-corrected chi connectivity index (χ3v) is 3.01. The zero-order valence-electron chi connectivity index (χ0n) is 9.29. The zero-order chi connectivity index (χ0) is 11.4. The van der Waals surface area contributed by atoms with E-state index < -0.39 is 0 Å². The molecular weight excluding hydrogens is 224 g/mol. The molecule has 0 saturated carbocycles. The number of benzene rings is 1. The summed E-state index contributed by atoms with van der Waals surface area (Å²) in [6.45, 7) is 4.91. The Kier molecular flexibility index (Phi) is 4.18. The normalized spacial score (nSPS) is 15.4. The fraction of sp³-hybridized carbons (Fsp3) is 0.500. The highest BCUT2D eigenvalue weighted by atomic mass is 35.5. The van der Waals surface area contributed by atoms with E-state index >= 15 is 0 Å². The van der Waals surface area contributed by atoms with Crippen LogP contribution in [0.3, 0.4) is 0 Å². The SMILES string of the molecule is NCCOCCN1Cc2ccc(Cl)cc2C1. The van der Waals surface area contributed by atoms with E-state index in [2.05, 4.69) is 17.0 Å². The van der Waals surface area contributed by atoms with E-state index in [1.165, 1.54) is 11.1 Å². The number of hydrogen-bond donors (Lipinski definition) is 1. The minimum absolute atomic E-state index is 0.593. The Labute approximate surface area is 101 Å². The number of rotatable bonds is 5. The number of fused-ring (bicyclic) bond motifs is 1. The topological polar surface area (TPSA) is 38.5 Å². The smallest absolute Gasteiger partial charge is 0.0594 e. The Morgan fingerprint density at radius 3 is 2.88 bits per heavy atom. The molecule has 0 aromatic heterocycles. The Morgan fingerprint density at radius 2 is 2.06 bits per heavy atom. The van der Waals surface area contributed by atoms with Crippen LogP contribution in [-0.2, 0) is 17.8 Å². The first-order valence-electron chi connectivity index (χ1n) is 5.57. The van der Waals surface area contributed by atoms with Gasteiger partial charge in [-0.1, -0.05) is 17.7 Å². The number of hydrogen-bond acceptors (Lipinski definition) is 3. The maximum absolute atomic E-state index is 5.96. The van der Waals surface area contributed by atoms with Gasteiger partial charge in [-0.25, -0.2) is 0 Å². The summed E-state index contributed by atoms with van der Waals surface area (Å²) in [4.78, 5) is 2.36. The van der Waals surface area contributed by atoms with Gasteiger partial charge in [0.1, 0.15) is 0 Å². The van der Waals surface area contributed by atoms with Crippen LogP contribution >= 0.6 is 11.6 Å². The molecule has 0 atom stereocenters. The van der Waals surface area contributed by atoms with Gasteiger partial charge >= 0.3 is 0 Å². The second kappa shape index (κ2) is 5.64. The van der Waals surface area contributed by atoms with E-state index in [9.17, 15) is 0 Å². The van der Waals surface area contributed by atoms with Crippen LogP contribution in [0, 0.1) is 0 Å². The van der Waals surface area contributed by atoms with Gasteiger partial charge < -0.3 is 10.5 Å². The second-order valence-corrected chi connectivity index (χ2v) is 4.46. The Hall–Kier alpha value is -0.610. The number of nitrogens with zero attached hydrogens (tertiary/aromatic N) is 1. The van der Waals surface area contributed by atoms with Gasteiger partial charge in [0.2, 0.25) is 0 Å². The Bertz CT molecular complexity index is 357. The molecule has 0 amide bonds. The largest absolute Gasteiger partial charge is 0.379 e. The van der Waals surface area contributed by atoms with Crippen molar-refractivity contribution in [3.05, 3.63) is 34.3 Å². The van der Waals surface area contributed by atoms with Gasteiger partial charge in [0.05, 0.1) is 13.2 Å². The highest BCUT2D eigenvalue weighted by Gasteiger charge is 2.18. The third kappa shape index (κ3) is 2.95. The second-order valence-electron chi connectivity index (χ2n) is 4.02. The highest BCUT2D eigenvalue weighted by Crippen LogP contribution is 2.25. The summed E-state index contributed by atoms with van der Waals surface area (Å²) in [6.07, 6.45) is 0. The molecule has 0 aliphatic carbocycles. The molecule has 0 saturated heterocycles. The van der Waals surface area contributed by atoms with Crippen LogP contribution in [0.2, 0.25) is 5.02 Å². The molecule has 1 heterocycles. The predicted octanol–water partition coefficient (Wildman–Crippen LogP) is 1.63. The van der Waals surface area contributed by atoms with Gasteiger partial charge in [-0.2, -0.15) is 0 Å². The van der Waals surface area contributed by atoms with E-state index in [0.717, 1.165) is 31.3 Å². The van der Waals surface area contributed by atoms with Crippen molar-refractivity contribution in [1.29, 1.82) is 0 Å². The fourth-order valence-corrected chi connectivity index (χ4v) is 2.17. The van der Waals surface area contributed by atoms with Gasteiger partial charge in [-0.15, -0.1) is 0 Å². The first-order valence-corrected chi connectivity index (χ1v) is 5.95. The van der Waals surface area contributed by atoms with Crippen molar-refractivity contribution in [3.63, 3.8) is 0 Å². The summed E-state index contributed by atoms with van der Waals surface area (Å²) in [6, 6.07) is 6.12. The summed E-state index contributed by atoms with van der Waals surface area (Å²) in [7, 11) is 0. The lowest BCUT2D eigenvalue weighted by Gasteiger charge is -2.14. The molecule has 2 rings (SSSR count). The van der Waals surface area contributed by atoms with Gasteiger partial charge in [-0.3, -0.25) is 4.90 Å².